The van der Waals surface area contributed by atoms with Crippen LogP contribution in [0.1, 0.15) is 0 Å². The van der Waals surface area contributed by atoms with Gasteiger partial charge in [-0.1, -0.05) is 12.1 Å². The van der Waals surface area contributed by atoms with Crippen LogP contribution in [-0.4, -0.2) is 81.0 Å². The SMILES string of the molecule is COc1cc(Nc2nc(-c3ccc4cn[nH]c4c3)cn3ccnc23)ccc1N1CCN(CCO)CC1. The summed E-state index contributed by atoms with van der Waals surface area (Å²) in [4.78, 5) is 14.0. The molecule has 3 N–H and O–H groups in total. The average Bonchev–Trinajstić information content (AvgIpc) is 3.58. The first-order valence-corrected chi connectivity index (χ1v) is 12.0. The molecule has 0 spiro atoms. The maximum Gasteiger partial charge on any atom is 0.180 e. The van der Waals surface area contributed by atoms with E-state index in [1.54, 1.807) is 13.3 Å². The normalized spacial score (nSPS) is 14.6. The minimum atomic E-state index is 0.195. The summed E-state index contributed by atoms with van der Waals surface area (Å²) in [5.74, 6) is 1.46. The summed E-state index contributed by atoms with van der Waals surface area (Å²) in [7, 11) is 1.70. The van der Waals surface area contributed by atoms with E-state index in [-0.39, 0.29) is 6.61 Å². The van der Waals surface area contributed by atoms with Gasteiger partial charge in [0, 0.05) is 74.0 Å². The Labute approximate surface area is 208 Å². The molecule has 0 saturated carbocycles. The first-order chi connectivity index (χ1) is 17.7. The molecule has 1 aliphatic heterocycles. The van der Waals surface area contributed by atoms with Gasteiger partial charge in [0.05, 0.1) is 36.8 Å². The lowest BCUT2D eigenvalue weighted by atomic mass is 10.1. The number of benzene rings is 2. The van der Waals surface area contributed by atoms with Gasteiger partial charge in [0.2, 0.25) is 0 Å². The van der Waals surface area contributed by atoms with Crippen LogP contribution in [0.25, 0.3) is 27.8 Å². The molecule has 10 heteroatoms. The number of rotatable bonds is 7. The number of hydrogen-bond donors (Lipinski definition) is 3. The zero-order valence-electron chi connectivity index (χ0n) is 20.1. The Morgan fingerprint density at radius 2 is 2.00 bits per heavy atom. The molecule has 0 aliphatic carbocycles. The van der Waals surface area contributed by atoms with Crippen molar-refractivity contribution < 1.29 is 9.84 Å². The van der Waals surface area contributed by atoms with Crippen molar-refractivity contribution in [3.63, 3.8) is 0 Å². The number of piperazine rings is 1. The third kappa shape index (κ3) is 4.21. The molecule has 1 saturated heterocycles. The van der Waals surface area contributed by atoms with Gasteiger partial charge in [-0.05, 0) is 18.2 Å². The van der Waals surface area contributed by atoms with E-state index in [9.17, 15) is 5.11 Å². The van der Waals surface area contributed by atoms with Gasteiger partial charge >= 0.3 is 0 Å². The van der Waals surface area contributed by atoms with E-state index < -0.39 is 0 Å². The highest BCUT2D eigenvalue weighted by Crippen LogP contribution is 2.34. The summed E-state index contributed by atoms with van der Waals surface area (Å²) >= 11 is 0. The van der Waals surface area contributed by atoms with Crippen LogP contribution in [0.5, 0.6) is 5.75 Å². The lowest BCUT2D eigenvalue weighted by Crippen LogP contribution is -2.47. The summed E-state index contributed by atoms with van der Waals surface area (Å²) in [6.07, 6.45) is 7.47. The summed E-state index contributed by atoms with van der Waals surface area (Å²) in [5, 5.41) is 20.9. The van der Waals surface area contributed by atoms with E-state index in [1.807, 2.05) is 47.3 Å². The number of β-amino-alcohol motifs (C(OH)–C–C–N with tert-alkyl or cyclic N) is 1. The number of methoxy groups -OCH3 is 1. The standard InChI is InChI=1S/C26H28N8O2/c1-36-24-15-20(4-5-23(24)33-10-8-32(9-11-33)12-13-35)29-25-26-27-6-7-34(26)17-22(30-25)18-2-3-19-16-28-31-21(19)14-18/h2-7,14-17,35H,8-13H2,1H3,(H,28,31)(H,29,30). The second-order valence-electron chi connectivity index (χ2n) is 8.87. The first kappa shape index (κ1) is 22.3. The lowest BCUT2D eigenvalue weighted by molar-refractivity contribution is 0.188. The molecule has 36 heavy (non-hydrogen) atoms. The number of hydrogen-bond acceptors (Lipinski definition) is 8. The van der Waals surface area contributed by atoms with E-state index in [4.69, 9.17) is 9.72 Å². The second-order valence-corrected chi connectivity index (χ2v) is 8.87. The zero-order chi connectivity index (χ0) is 24.5. The predicted octanol–water partition coefficient (Wildman–Crippen LogP) is 3.14. The molecule has 2 aromatic carbocycles. The Kier molecular flexibility index (Phi) is 5.88. The summed E-state index contributed by atoms with van der Waals surface area (Å²) < 4.78 is 7.74. The van der Waals surface area contributed by atoms with Crippen LogP contribution >= 0.6 is 0 Å². The minimum Gasteiger partial charge on any atom is -0.495 e. The fraction of sp³-hybridized carbons (Fsp3) is 0.269. The summed E-state index contributed by atoms with van der Waals surface area (Å²) in [6, 6.07) is 12.3. The van der Waals surface area contributed by atoms with Gasteiger partial charge in [-0.15, -0.1) is 0 Å². The molecule has 0 atom stereocenters. The van der Waals surface area contributed by atoms with Crippen molar-refractivity contribution in [1.82, 2.24) is 29.5 Å². The first-order valence-electron chi connectivity index (χ1n) is 12.0. The van der Waals surface area contributed by atoms with Crippen molar-refractivity contribution in [3.05, 3.63) is 61.2 Å². The number of aliphatic hydroxyl groups is 1. The van der Waals surface area contributed by atoms with Crippen LogP contribution in [0, 0.1) is 0 Å². The number of aromatic nitrogens is 5. The molecule has 6 rings (SSSR count). The largest absolute Gasteiger partial charge is 0.495 e. The van der Waals surface area contributed by atoms with Gasteiger partial charge in [0.1, 0.15) is 5.75 Å². The second kappa shape index (κ2) is 9.48. The molecular formula is C26H28N8O2. The Hall–Kier alpha value is -4.15. The quantitative estimate of drug-likeness (QED) is 0.324. The number of aliphatic hydroxyl groups excluding tert-OH is 1. The molecule has 184 valence electrons. The Bertz CT molecular complexity index is 1500. The number of H-pyrrole nitrogens is 1. The van der Waals surface area contributed by atoms with E-state index >= 15 is 0 Å². The highest BCUT2D eigenvalue weighted by molar-refractivity contribution is 5.84. The number of nitrogens with zero attached hydrogens (tertiary/aromatic N) is 6. The molecule has 0 unspecified atom stereocenters. The Morgan fingerprint density at radius 1 is 1.11 bits per heavy atom. The van der Waals surface area contributed by atoms with E-state index in [0.29, 0.717) is 5.82 Å². The van der Waals surface area contributed by atoms with E-state index in [1.165, 1.54) is 0 Å². The summed E-state index contributed by atoms with van der Waals surface area (Å²) in [6.45, 7) is 4.54. The smallest absolute Gasteiger partial charge is 0.180 e. The lowest BCUT2D eigenvalue weighted by Gasteiger charge is -2.36. The van der Waals surface area contributed by atoms with Gasteiger partial charge in [-0.25, -0.2) is 9.97 Å². The van der Waals surface area contributed by atoms with Crippen molar-refractivity contribution >= 4 is 33.7 Å². The molecular weight excluding hydrogens is 456 g/mol. The summed E-state index contributed by atoms with van der Waals surface area (Å²) in [5.41, 5.74) is 5.44. The molecule has 0 amide bonds. The maximum atomic E-state index is 9.21. The van der Waals surface area contributed by atoms with Crippen molar-refractivity contribution in [2.45, 2.75) is 0 Å². The number of imidazole rings is 1. The monoisotopic (exact) mass is 484 g/mol. The molecule has 4 heterocycles. The fourth-order valence-electron chi connectivity index (χ4n) is 4.76. The fourth-order valence-corrected chi connectivity index (χ4v) is 4.76. The maximum absolute atomic E-state index is 9.21. The topological polar surface area (TPSA) is 107 Å². The molecule has 3 aromatic heterocycles. The molecule has 10 nitrogen and oxygen atoms in total. The number of aromatic amines is 1. The molecule has 0 radical (unpaired) electrons. The van der Waals surface area contributed by atoms with Gasteiger partial charge in [0.25, 0.3) is 0 Å². The van der Waals surface area contributed by atoms with Crippen LogP contribution < -0.4 is 15.0 Å². The average molecular weight is 485 g/mol. The van der Waals surface area contributed by atoms with Crippen molar-refractivity contribution in [3.8, 4) is 17.0 Å². The minimum absolute atomic E-state index is 0.195. The van der Waals surface area contributed by atoms with Crippen molar-refractivity contribution in [2.24, 2.45) is 0 Å². The Balaban J connectivity index is 1.29. The number of ether oxygens (including phenoxy) is 1. The van der Waals surface area contributed by atoms with Crippen LogP contribution in [0.4, 0.5) is 17.2 Å². The third-order valence-corrected chi connectivity index (χ3v) is 6.68. The zero-order valence-corrected chi connectivity index (χ0v) is 20.1. The van der Waals surface area contributed by atoms with Gasteiger partial charge in [-0.2, -0.15) is 5.10 Å². The van der Waals surface area contributed by atoms with Crippen LogP contribution in [0.15, 0.2) is 61.2 Å². The highest BCUT2D eigenvalue weighted by Gasteiger charge is 2.20. The number of anilines is 3. The molecule has 5 aromatic rings. The van der Waals surface area contributed by atoms with Crippen LogP contribution in [0.2, 0.25) is 0 Å². The Morgan fingerprint density at radius 3 is 2.83 bits per heavy atom. The van der Waals surface area contributed by atoms with E-state index in [0.717, 1.165) is 77.7 Å². The van der Waals surface area contributed by atoms with Gasteiger partial charge in [0.15, 0.2) is 11.5 Å². The van der Waals surface area contributed by atoms with Gasteiger partial charge < -0.3 is 24.5 Å². The highest BCUT2D eigenvalue weighted by atomic mass is 16.5. The van der Waals surface area contributed by atoms with Crippen molar-refractivity contribution in [1.29, 1.82) is 0 Å². The van der Waals surface area contributed by atoms with Crippen LogP contribution in [-0.2, 0) is 0 Å². The predicted molar refractivity (Wildman–Crippen MR) is 140 cm³/mol. The third-order valence-electron chi connectivity index (χ3n) is 6.68. The number of nitrogens with one attached hydrogen (secondary N) is 2. The van der Waals surface area contributed by atoms with Crippen molar-refractivity contribution in [2.75, 3.05) is 56.7 Å². The number of fused-ring (bicyclic) bond motifs is 2. The molecule has 0 bridgehead atoms. The molecule has 1 fully saturated rings. The molecule has 1 aliphatic rings. The van der Waals surface area contributed by atoms with E-state index in [2.05, 4.69) is 42.4 Å². The van der Waals surface area contributed by atoms with Crippen LogP contribution in [0.3, 0.4) is 0 Å². The van der Waals surface area contributed by atoms with Gasteiger partial charge in [-0.3, -0.25) is 10.00 Å².